The van der Waals surface area contributed by atoms with Gasteiger partial charge in [-0.15, -0.1) is 0 Å². The predicted molar refractivity (Wildman–Crippen MR) is 70.4 cm³/mol. The topological polar surface area (TPSA) is 52.9 Å². The maximum Gasteiger partial charge on any atom is 0.0936 e. The van der Waals surface area contributed by atoms with E-state index < -0.39 is 0 Å². The van der Waals surface area contributed by atoms with E-state index in [9.17, 15) is 10.2 Å². The van der Waals surface area contributed by atoms with E-state index in [1.54, 1.807) is 0 Å². The normalized spacial score (nSPS) is 41.2. The summed E-state index contributed by atoms with van der Waals surface area (Å²) in [4.78, 5) is 2.34. The van der Waals surface area contributed by atoms with Crippen LogP contribution in [0, 0.1) is 11.3 Å². The third-order valence-corrected chi connectivity index (χ3v) is 4.50. The molecule has 4 heteroatoms. The van der Waals surface area contributed by atoms with Crippen LogP contribution < -0.4 is 0 Å². The van der Waals surface area contributed by atoms with Gasteiger partial charge in [-0.1, -0.05) is 13.8 Å². The summed E-state index contributed by atoms with van der Waals surface area (Å²) in [6.45, 7) is 9.04. The van der Waals surface area contributed by atoms with Crippen molar-refractivity contribution >= 4 is 0 Å². The van der Waals surface area contributed by atoms with Crippen LogP contribution in [0.1, 0.15) is 33.6 Å². The van der Waals surface area contributed by atoms with Crippen molar-refractivity contribution in [2.45, 2.75) is 51.9 Å². The molecule has 0 aromatic carbocycles. The van der Waals surface area contributed by atoms with Crippen LogP contribution in [0.2, 0.25) is 0 Å². The molecule has 0 aromatic heterocycles. The van der Waals surface area contributed by atoms with Crippen molar-refractivity contribution in [1.82, 2.24) is 4.90 Å². The van der Waals surface area contributed by atoms with Gasteiger partial charge >= 0.3 is 0 Å². The molecule has 106 valence electrons. The molecule has 1 saturated heterocycles. The van der Waals surface area contributed by atoms with Crippen molar-refractivity contribution in [2.75, 3.05) is 26.2 Å². The summed E-state index contributed by atoms with van der Waals surface area (Å²) in [5.41, 5.74) is 0.0545. The summed E-state index contributed by atoms with van der Waals surface area (Å²) in [6.07, 6.45) is 2.09. The molecule has 0 spiro atoms. The highest BCUT2D eigenvalue weighted by Gasteiger charge is 2.41. The molecule has 2 rings (SSSR count). The summed E-state index contributed by atoms with van der Waals surface area (Å²) < 4.78 is 5.64. The van der Waals surface area contributed by atoms with Crippen molar-refractivity contribution in [3.8, 4) is 0 Å². The number of rotatable bonds is 3. The van der Waals surface area contributed by atoms with Crippen LogP contribution in [0.4, 0.5) is 0 Å². The first-order valence-corrected chi connectivity index (χ1v) is 7.09. The Morgan fingerprint density at radius 1 is 1.33 bits per heavy atom. The van der Waals surface area contributed by atoms with Crippen molar-refractivity contribution in [3.63, 3.8) is 0 Å². The van der Waals surface area contributed by atoms with Gasteiger partial charge in [0.1, 0.15) is 0 Å². The number of hydrogen-bond acceptors (Lipinski definition) is 4. The van der Waals surface area contributed by atoms with Gasteiger partial charge in [-0.05, 0) is 31.1 Å². The summed E-state index contributed by atoms with van der Waals surface area (Å²) in [6, 6.07) is 0. The lowest BCUT2D eigenvalue weighted by molar-refractivity contribution is -0.101. The Hall–Kier alpha value is -0.160. The highest BCUT2D eigenvalue weighted by molar-refractivity contribution is 4.93. The Morgan fingerprint density at radius 3 is 2.61 bits per heavy atom. The molecular weight excluding hydrogens is 230 g/mol. The molecule has 1 aliphatic carbocycles. The average molecular weight is 257 g/mol. The Bertz CT molecular complexity index is 282. The second kappa shape index (κ2) is 5.45. The number of aliphatic hydroxyl groups is 2. The molecule has 4 nitrogen and oxygen atoms in total. The molecule has 2 aliphatic rings. The van der Waals surface area contributed by atoms with E-state index in [1.807, 2.05) is 6.92 Å². The van der Waals surface area contributed by atoms with Gasteiger partial charge in [0, 0.05) is 19.6 Å². The minimum absolute atomic E-state index is 0.0545. The third kappa shape index (κ3) is 3.05. The van der Waals surface area contributed by atoms with E-state index in [0.29, 0.717) is 5.92 Å². The monoisotopic (exact) mass is 257 g/mol. The molecule has 4 unspecified atom stereocenters. The molecule has 18 heavy (non-hydrogen) atoms. The molecule has 1 saturated carbocycles. The fourth-order valence-electron chi connectivity index (χ4n) is 3.41. The van der Waals surface area contributed by atoms with Gasteiger partial charge in [-0.25, -0.2) is 0 Å². The molecule has 2 fully saturated rings. The quantitative estimate of drug-likeness (QED) is 0.787. The van der Waals surface area contributed by atoms with Crippen molar-refractivity contribution < 1.29 is 14.9 Å². The number of ether oxygens (including phenoxy) is 1. The van der Waals surface area contributed by atoms with E-state index >= 15 is 0 Å². The second-order valence-corrected chi connectivity index (χ2v) is 6.70. The lowest BCUT2D eigenvalue weighted by Gasteiger charge is -2.38. The van der Waals surface area contributed by atoms with E-state index in [-0.39, 0.29) is 30.3 Å². The summed E-state index contributed by atoms with van der Waals surface area (Å²) in [5.74, 6) is 0.365. The van der Waals surface area contributed by atoms with E-state index in [2.05, 4.69) is 18.7 Å². The Kier molecular flexibility index (Phi) is 4.32. The lowest BCUT2D eigenvalue weighted by Crippen LogP contribution is -2.50. The maximum atomic E-state index is 10.3. The Labute approximate surface area is 110 Å². The molecule has 0 amide bonds. The van der Waals surface area contributed by atoms with Gasteiger partial charge in [0.2, 0.25) is 0 Å². The first-order valence-electron chi connectivity index (χ1n) is 7.09. The lowest BCUT2D eigenvalue weighted by atomic mass is 9.87. The number of hydrogen-bond donors (Lipinski definition) is 2. The summed E-state index contributed by atoms with van der Waals surface area (Å²) >= 11 is 0. The standard InChI is InChI=1S/C14H27NO3/c1-10-6-15(8-12(9-16)18-10)7-11-4-5-14(2,3)13(11)17/h10-13,16-17H,4-9H2,1-3H3. The van der Waals surface area contributed by atoms with E-state index in [0.717, 1.165) is 32.5 Å². The van der Waals surface area contributed by atoms with Crippen LogP contribution in [-0.4, -0.2) is 59.7 Å². The highest BCUT2D eigenvalue weighted by atomic mass is 16.5. The fraction of sp³-hybridized carbons (Fsp3) is 1.00. The SMILES string of the molecule is CC1CN(CC2CCC(C)(C)C2O)CC(CO)O1. The Morgan fingerprint density at radius 2 is 2.06 bits per heavy atom. The van der Waals surface area contributed by atoms with Crippen LogP contribution in [0.5, 0.6) is 0 Å². The van der Waals surface area contributed by atoms with Crippen molar-refractivity contribution in [3.05, 3.63) is 0 Å². The summed E-state index contributed by atoms with van der Waals surface area (Å²) in [5, 5.41) is 19.6. The minimum Gasteiger partial charge on any atom is -0.394 e. The molecule has 0 radical (unpaired) electrons. The third-order valence-electron chi connectivity index (χ3n) is 4.50. The molecular formula is C14H27NO3. The number of aliphatic hydroxyl groups excluding tert-OH is 2. The fourth-order valence-corrected chi connectivity index (χ4v) is 3.41. The highest BCUT2D eigenvalue weighted by Crippen LogP contribution is 2.41. The smallest absolute Gasteiger partial charge is 0.0936 e. The zero-order valence-electron chi connectivity index (χ0n) is 11.8. The zero-order valence-corrected chi connectivity index (χ0v) is 11.8. The molecule has 4 atom stereocenters. The minimum atomic E-state index is -0.205. The molecule has 0 bridgehead atoms. The van der Waals surface area contributed by atoms with Crippen molar-refractivity contribution in [2.24, 2.45) is 11.3 Å². The van der Waals surface area contributed by atoms with E-state index in [4.69, 9.17) is 4.74 Å². The number of morpholine rings is 1. The first-order chi connectivity index (χ1) is 8.42. The van der Waals surface area contributed by atoms with Crippen LogP contribution >= 0.6 is 0 Å². The second-order valence-electron chi connectivity index (χ2n) is 6.70. The molecule has 0 aromatic rings. The van der Waals surface area contributed by atoms with Gasteiger partial charge in [-0.2, -0.15) is 0 Å². The zero-order chi connectivity index (χ0) is 13.3. The molecule has 2 N–H and O–H groups in total. The van der Waals surface area contributed by atoms with Gasteiger partial charge in [0.05, 0.1) is 24.9 Å². The first kappa shape index (κ1) is 14.3. The van der Waals surface area contributed by atoms with Crippen LogP contribution in [0.15, 0.2) is 0 Å². The molecule has 1 aliphatic heterocycles. The molecule has 1 heterocycles. The van der Waals surface area contributed by atoms with Gasteiger partial charge < -0.3 is 14.9 Å². The van der Waals surface area contributed by atoms with Gasteiger partial charge in [0.25, 0.3) is 0 Å². The maximum absolute atomic E-state index is 10.3. The van der Waals surface area contributed by atoms with Crippen LogP contribution in [0.3, 0.4) is 0 Å². The Balaban J connectivity index is 1.89. The van der Waals surface area contributed by atoms with E-state index in [1.165, 1.54) is 0 Å². The number of nitrogens with zero attached hydrogens (tertiary/aromatic N) is 1. The van der Waals surface area contributed by atoms with Crippen molar-refractivity contribution in [1.29, 1.82) is 0 Å². The largest absolute Gasteiger partial charge is 0.394 e. The van der Waals surface area contributed by atoms with Crippen LogP contribution in [0.25, 0.3) is 0 Å². The van der Waals surface area contributed by atoms with Gasteiger partial charge in [0.15, 0.2) is 0 Å². The average Bonchev–Trinajstić information content (AvgIpc) is 2.55. The predicted octanol–water partition coefficient (Wildman–Crippen LogP) is 0.865. The summed E-state index contributed by atoms with van der Waals surface area (Å²) in [7, 11) is 0. The van der Waals surface area contributed by atoms with Crippen LogP contribution in [-0.2, 0) is 4.74 Å². The van der Waals surface area contributed by atoms with Gasteiger partial charge in [-0.3, -0.25) is 4.90 Å².